The fraction of sp³-hybridized carbons (Fsp3) is 0.154. The normalized spacial score (nSPS) is 9.18. The fourth-order valence-electron chi connectivity index (χ4n) is 1.24. The molecule has 0 radical (unpaired) electrons. The molecule has 1 rings (SSSR count). The molecule has 0 saturated heterocycles. The minimum atomic E-state index is -0.591. The second-order valence-corrected chi connectivity index (χ2v) is 3.38. The molecule has 0 fully saturated rings. The first-order chi connectivity index (χ1) is 8.08. The Hall–Kier alpha value is -2.41. The Morgan fingerprint density at radius 1 is 1.35 bits per heavy atom. The zero-order valence-electron chi connectivity index (χ0n) is 9.40. The van der Waals surface area contributed by atoms with E-state index in [9.17, 15) is 9.59 Å². The number of methoxy groups -OCH3 is 1. The molecule has 17 heavy (non-hydrogen) atoms. The van der Waals surface area contributed by atoms with E-state index >= 15 is 0 Å². The van der Waals surface area contributed by atoms with Crippen LogP contribution < -0.4 is 0 Å². The average Bonchev–Trinajstić information content (AvgIpc) is 2.37. The van der Waals surface area contributed by atoms with Crippen LogP contribution in [-0.4, -0.2) is 18.9 Å². The molecule has 86 valence electrons. The lowest BCUT2D eigenvalue weighted by Crippen LogP contribution is -2.09. The Morgan fingerprint density at radius 2 is 1.94 bits per heavy atom. The van der Waals surface area contributed by atoms with Crippen LogP contribution in [0.2, 0.25) is 0 Å². The summed E-state index contributed by atoms with van der Waals surface area (Å²) in [6.45, 7) is 3.48. The molecule has 4 nitrogen and oxygen atoms in total. The first-order valence-electron chi connectivity index (χ1n) is 4.88. The van der Waals surface area contributed by atoms with Crippen LogP contribution in [0.5, 0.6) is 0 Å². The smallest absolute Gasteiger partial charge is 0.333 e. The molecule has 0 atom stereocenters. The second-order valence-electron chi connectivity index (χ2n) is 3.38. The van der Waals surface area contributed by atoms with Crippen molar-refractivity contribution in [2.45, 2.75) is 6.42 Å². The van der Waals surface area contributed by atoms with Gasteiger partial charge < -0.3 is 4.74 Å². The topological polar surface area (TPSA) is 67.2 Å². The number of rotatable bonds is 4. The Morgan fingerprint density at radius 3 is 2.41 bits per heavy atom. The highest BCUT2D eigenvalue weighted by atomic mass is 16.5. The van der Waals surface area contributed by atoms with E-state index in [1.165, 1.54) is 7.11 Å². The quantitative estimate of drug-likeness (QED) is 0.449. The first kappa shape index (κ1) is 12.7. The molecule has 0 heterocycles. The third-order valence-corrected chi connectivity index (χ3v) is 2.18. The minimum absolute atomic E-state index is 0.0847. The molecule has 1 aromatic carbocycles. The van der Waals surface area contributed by atoms with Gasteiger partial charge >= 0.3 is 5.97 Å². The summed E-state index contributed by atoms with van der Waals surface area (Å²) in [6.07, 6.45) is -0.0847. The van der Waals surface area contributed by atoms with Gasteiger partial charge in [-0.15, -0.1) is 0 Å². The molecule has 0 aromatic heterocycles. The number of nitriles is 1. The number of hydrogen-bond donors (Lipinski definition) is 0. The van der Waals surface area contributed by atoms with Crippen molar-refractivity contribution in [2.24, 2.45) is 0 Å². The summed E-state index contributed by atoms with van der Waals surface area (Å²) >= 11 is 0. The van der Waals surface area contributed by atoms with E-state index in [0.29, 0.717) is 11.1 Å². The number of ketones is 1. The van der Waals surface area contributed by atoms with Crippen molar-refractivity contribution < 1.29 is 14.3 Å². The molecule has 1 aromatic rings. The molecule has 0 amide bonds. The fourth-order valence-corrected chi connectivity index (χ4v) is 1.24. The highest BCUT2D eigenvalue weighted by Gasteiger charge is 2.13. The Bertz CT molecular complexity index is 494. The molecule has 0 aliphatic rings. The average molecular weight is 229 g/mol. The highest BCUT2D eigenvalue weighted by Crippen LogP contribution is 2.10. The molecule has 0 aliphatic carbocycles. The molecule has 0 spiro atoms. The molecular weight excluding hydrogens is 218 g/mol. The Labute approximate surface area is 99.1 Å². The van der Waals surface area contributed by atoms with Crippen LogP contribution >= 0.6 is 0 Å². The van der Waals surface area contributed by atoms with Gasteiger partial charge in [-0.3, -0.25) is 4.79 Å². The number of ether oxygens (including phenoxy) is 1. The van der Waals surface area contributed by atoms with Crippen LogP contribution in [0.3, 0.4) is 0 Å². The van der Waals surface area contributed by atoms with Crippen LogP contribution in [0.1, 0.15) is 22.3 Å². The zero-order chi connectivity index (χ0) is 12.8. The maximum atomic E-state index is 11.7. The van der Waals surface area contributed by atoms with Gasteiger partial charge in [0.25, 0.3) is 0 Å². The lowest BCUT2D eigenvalue weighted by molar-refractivity contribution is -0.136. The van der Waals surface area contributed by atoms with E-state index in [1.807, 2.05) is 6.07 Å². The summed E-state index contributed by atoms with van der Waals surface area (Å²) in [5, 5.41) is 8.61. The molecular formula is C13H11NO3. The van der Waals surface area contributed by atoms with Crippen LogP contribution in [0.15, 0.2) is 36.4 Å². The van der Waals surface area contributed by atoms with Gasteiger partial charge in [-0.2, -0.15) is 5.26 Å². The minimum Gasteiger partial charge on any atom is -0.466 e. The van der Waals surface area contributed by atoms with Gasteiger partial charge in [-0.1, -0.05) is 18.7 Å². The second kappa shape index (κ2) is 5.61. The van der Waals surface area contributed by atoms with E-state index in [4.69, 9.17) is 5.26 Å². The number of esters is 1. The first-order valence-corrected chi connectivity index (χ1v) is 4.88. The van der Waals surface area contributed by atoms with Gasteiger partial charge in [0.05, 0.1) is 18.7 Å². The van der Waals surface area contributed by atoms with Gasteiger partial charge in [0.2, 0.25) is 0 Å². The van der Waals surface area contributed by atoms with E-state index in [0.717, 1.165) is 0 Å². The third kappa shape index (κ3) is 3.28. The molecule has 0 saturated carbocycles. The predicted octanol–water partition coefficient (Wildman–Crippen LogP) is 1.86. The summed E-state index contributed by atoms with van der Waals surface area (Å²) in [6, 6.07) is 8.15. The number of nitrogens with zero attached hydrogens (tertiary/aromatic N) is 1. The standard InChI is InChI=1S/C13H11NO3/c1-9(13(16)17-2)7-12(15)11-5-3-10(8-14)4-6-11/h3-6H,1,7H2,2H3. The van der Waals surface area contributed by atoms with E-state index in [2.05, 4.69) is 11.3 Å². The maximum Gasteiger partial charge on any atom is 0.333 e. The van der Waals surface area contributed by atoms with Crippen molar-refractivity contribution in [3.63, 3.8) is 0 Å². The summed E-state index contributed by atoms with van der Waals surface area (Å²) in [5.74, 6) is -0.822. The van der Waals surface area contributed by atoms with Gasteiger partial charge in [-0.05, 0) is 12.1 Å². The summed E-state index contributed by atoms with van der Waals surface area (Å²) in [5.41, 5.74) is 1.03. The van der Waals surface area contributed by atoms with Crippen LogP contribution in [0, 0.1) is 11.3 Å². The lowest BCUT2D eigenvalue weighted by Gasteiger charge is -2.03. The van der Waals surface area contributed by atoms with Gasteiger partial charge in [0.15, 0.2) is 5.78 Å². The van der Waals surface area contributed by atoms with Crippen LogP contribution in [-0.2, 0) is 9.53 Å². The number of Topliss-reactive ketones (excluding diaryl/α,β-unsaturated/α-hetero) is 1. The van der Waals surface area contributed by atoms with E-state index in [-0.39, 0.29) is 17.8 Å². The number of benzene rings is 1. The number of hydrogen-bond acceptors (Lipinski definition) is 4. The summed E-state index contributed by atoms with van der Waals surface area (Å²) in [4.78, 5) is 22.8. The molecule has 0 N–H and O–H groups in total. The molecule has 0 bridgehead atoms. The highest BCUT2D eigenvalue weighted by molar-refractivity contribution is 6.03. The van der Waals surface area contributed by atoms with Gasteiger partial charge in [-0.25, -0.2) is 4.79 Å². The van der Waals surface area contributed by atoms with Crippen LogP contribution in [0.4, 0.5) is 0 Å². The van der Waals surface area contributed by atoms with E-state index in [1.54, 1.807) is 24.3 Å². The van der Waals surface area contributed by atoms with Crippen molar-refractivity contribution in [1.29, 1.82) is 5.26 Å². The molecule has 0 aliphatic heterocycles. The zero-order valence-corrected chi connectivity index (χ0v) is 9.40. The van der Waals surface area contributed by atoms with E-state index < -0.39 is 5.97 Å². The van der Waals surface area contributed by atoms with Crippen LogP contribution in [0.25, 0.3) is 0 Å². The third-order valence-electron chi connectivity index (χ3n) is 2.18. The van der Waals surface area contributed by atoms with Crippen molar-refractivity contribution in [3.05, 3.63) is 47.5 Å². The predicted molar refractivity (Wildman–Crippen MR) is 61.3 cm³/mol. The maximum absolute atomic E-state index is 11.7. The summed E-state index contributed by atoms with van der Waals surface area (Å²) < 4.78 is 4.45. The molecule has 0 unspecified atom stereocenters. The molecule has 4 heteroatoms. The Kier molecular flexibility index (Phi) is 4.18. The van der Waals surface area contributed by atoms with Crippen molar-refractivity contribution in [2.75, 3.05) is 7.11 Å². The van der Waals surface area contributed by atoms with Crippen molar-refractivity contribution in [3.8, 4) is 6.07 Å². The van der Waals surface area contributed by atoms with Crippen molar-refractivity contribution in [1.82, 2.24) is 0 Å². The monoisotopic (exact) mass is 229 g/mol. The van der Waals surface area contributed by atoms with Crippen molar-refractivity contribution >= 4 is 11.8 Å². The SMILES string of the molecule is C=C(CC(=O)c1ccc(C#N)cc1)C(=O)OC. The lowest BCUT2D eigenvalue weighted by atomic mass is 10.0. The van der Waals surface area contributed by atoms with Gasteiger partial charge in [0.1, 0.15) is 0 Å². The number of carbonyl (C=O) groups excluding carboxylic acids is 2. The number of carbonyl (C=O) groups is 2. The summed E-state index contributed by atoms with van der Waals surface area (Å²) in [7, 11) is 1.24. The van der Waals surface area contributed by atoms with Gasteiger partial charge in [0, 0.05) is 17.6 Å². The largest absolute Gasteiger partial charge is 0.466 e. The Balaban J connectivity index is 2.74.